The minimum atomic E-state index is -2.26. The summed E-state index contributed by atoms with van der Waals surface area (Å²) in [5, 5.41) is 0. The van der Waals surface area contributed by atoms with Crippen LogP contribution >= 0.6 is 24.8 Å². The average Bonchev–Trinajstić information content (AvgIpc) is 3.94. The maximum atomic E-state index is 4.83. The van der Waals surface area contributed by atoms with E-state index < -0.39 is 41.9 Å². The Kier molecular flexibility index (Phi) is 14.0. The fourth-order valence-corrected chi connectivity index (χ4v) is 22.9. The van der Waals surface area contributed by atoms with E-state index in [9.17, 15) is 0 Å². The molecule has 0 spiro atoms. The summed E-state index contributed by atoms with van der Waals surface area (Å²) in [6, 6.07) is 23.9. The first-order valence-electron chi connectivity index (χ1n) is 20.9. The molecule has 0 unspecified atom stereocenters. The van der Waals surface area contributed by atoms with E-state index in [-0.39, 0.29) is 46.5 Å². The maximum absolute atomic E-state index is 4.83. The van der Waals surface area contributed by atoms with Crippen LogP contribution in [-0.2, 0) is 76.4 Å². The summed E-state index contributed by atoms with van der Waals surface area (Å²) in [7, 11) is 0. The van der Waals surface area contributed by atoms with Gasteiger partial charge >= 0.3 is 358 Å². The standard InChI is InChI=1S/2C21H25.2C5H5.2CH2.2ClH.2Hf/c2*1-20(2,3)15-11-10-14-12-18-16(17(14)13-15)8-7-9-19(18)21(4,5)6;2*1-2-4-5-3-1;;;;;;/h2*7-9,11,13H,12H2,1-6H3;2*1-3H,4H2;2*1H2;2*1H;;. The van der Waals surface area contributed by atoms with Crippen LogP contribution in [0, 0.1) is 0 Å². The molecular weight excluding hydrogens is 1080 g/mol. The van der Waals surface area contributed by atoms with E-state index in [0.29, 0.717) is 0 Å². The fourth-order valence-electron chi connectivity index (χ4n) is 9.12. The topological polar surface area (TPSA) is 0 Å². The summed E-state index contributed by atoms with van der Waals surface area (Å²) < 4.78 is 16.2. The van der Waals surface area contributed by atoms with Crippen LogP contribution in [0.15, 0.2) is 104 Å². The van der Waals surface area contributed by atoms with Gasteiger partial charge in [0.25, 0.3) is 0 Å². The molecule has 0 amide bonds. The van der Waals surface area contributed by atoms with E-state index in [0.717, 1.165) is 25.7 Å². The third-order valence-corrected chi connectivity index (χ3v) is 28.6. The average molecular weight is 1140 g/mol. The molecule has 4 aromatic rings. The predicted octanol–water partition coefficient (Wildman–Crippen LogP) is 13.6. The van der Waals surface area contributed by atoms with Crippen molar-refractivity contribution in [2.24, 2.45) is 0 Å². The Bertz CT molecular complexity index is 2250. The molecule has 4 aliphatic carbocycles. The van der Waals surface area contributed by atoms with Crippen molar-refractivity contribution in [2.75, 3.05) is 0 Å². The fraction of sp³-hybridized carbons (Fsp3) is 0.370. The van der Waals surface area contributed by atoms with Gasteiger partial charge in [0.05, 0.1) is 0 Å². The molecular formula is C54H66Cl2Hf2. The zero-order valence-electron chi connectivity index (χ0n) is 37.3. The van der Waals surface area contributed by atoms with Gasteiger partial charge in [-0.2, -0.15) is 0 Å². The van der Waals surface area contributed by atoms with Crippen molar-refractivity contribution in [3.8, 4) is 22.3 Å². The molecule has 0 aromatic heterocycles. The zero-order chi connectivity index (χ0) is 40.5. The predicted molar refractivity (Wildman–Crippen MR) is 256 cm³/mol. The molecule has 0 bridgehead atoms. The number of hydrogen-bond donors (Lipinski definition) is 0. The molecule has 4 aliphatic rings. The van der Waals surface area contributed by atoms with Gasteiger partial charge in [0.1, 0.15) is 0 Å². The molecule has 4 aromatic carbocycles. The molecule has 0 N–H and O–H groups in total. The third kappa shape index (κ3) is 9.22. The molecule has 8 rings (SSSR count). The molecule has 0 saturated heterocycles. The van der Waals surface area contributed by atoms with E-state index in [1.54, 1.807) is 35.6 Å². The normalized spacial score (nSPS) is 14.9. The second-order valence-electron chi connectivity index (χ2n) is 20.7. The molecule has 0 atom stereocenters. The summed E-state index contributed by atoms with van der Waals surface area (Å²) in [5.41, 5.74) is 18.8. The SMILES string of the molecule is Cl.Cl.[CH2]=[Hf]([C]1=CC=CC1)[c]1cc(C(C)(C)C)cc2c1Cc1c-2cccc1C(C)(C)C.[CH2]=[Hf]([C]1=CC=CC1)[c]1cc(C(C)(C)C)cc2c1Cc1c-2cccc1C(C)(C)C. The second kappa shape index (κ2) is 17.3. The summed E-state index contributed by atoms with van der Waals surface area (Å²) in [4.78, 5) is 0. The van der Waals surface area contributed by atoms with Crippen LogP contribution < -0.4 is 6.64 Å². The van der Waals surface area contributed by atoms with E-state index in [1.807, 2.05) is 0 Å². The number of allylic oxidation sites excluding steroid dienone is 8. The van der Waals surface area contributed by atoms with Gasteiger partial charge in [-0.25, -0.2) is 0 Å². The molecule has 0 radical (unpaired) electrons. The van der Waals surface area contributed by atoms with Crippen LogP contribution in [0.4, 0.5) is 0 Å². The summed E-state index contributed by atoms with van der Waals surface area (Å²) in [6.45, 7) is 28.1. The van der Waals surface area contributed by atoms with Crippen LogP contribution in [0.2, 0.25) is 0 Å². The number of fused-ring (bicyclic) bond motifs is 6. The molecule has 0 nitrogen and oxygen atoms in total. The van der Waals surface area contributed by atoms with Crippen LogP contribution in [-0.4, -0.2) is 8.52 Å². The van der Waals surface area contributed by atoms with Gasteiger partial charge in [0.2, 0.25) is 0 Å². The molecule has 0 saturated carbocycles. The number of benzene rings is 4. The summed E-state index contributed by atoms with van der Waals surface area (Å²) >= 11 is -4.52. The van der Waals surface area contributed by atoms with Crippen molar-refractivity contribution in [3.63, 3.8) is 0 Å². The van der Waals surface area contributed by atoms with Crippen molar-refractivity contribution in [2.45, 2.75) is 130 Å². The van der Waals surface area contributed by atoms with Gasteiger partial charge in [-0.1, -0.05) is 0 Å². The molecule has 0 fully saturated rings. The molecule has 58 heavy (non-hydrogen) atoms. The van der Waals surface area contributed by atoms with Crippen molar-refractivity contribution in [3.05, 3.63) is 148 Å². The Morgan fingerprint density at radius 3 is 1.10 bits per heavy atom. The minimum absolute atomic E-state index is 0. The molecule has 304 valence electrons. The molecule has 0 heterocycles. The quantitative estimate of drug-likeness (QED) is 0.154. The van der Waals surface area contributed by atoms with E-state index >= 15 is 0 Å². The first-order valence-corrected chi connectivity index (χ1v) is 33.1. The zero-order valence-corrected chi connectivity index (χ0v) is 46.1. The van der Waals surface area contributed by atoms with Crippen LogP contribution in [0.5, 0.6) is 0 Å². The molecule has 0 aliphatic heterocycles. The first kappa shape index (κ1) is 47.0. The van der Waals surface area contributed by atoms with Crippen molar-refractivity contribution in [1.29, 1.82) is 0 Å². The molecule has 4 heteroatoms. The second-order valence-corrected chi connectivity index (χ2v) is 36.1. The van der Waals surface area contributed by atoms with Crippen molar-refractivity contribution >= 4 is 40.0 Å². The number of rotatable bonds is 4. The Morgan fingerprint density at radius 1 is 0.448 bits per heavy atom. The Hall–Kier alpha value is -2.10. The van der Waals surface area contributed by atoms with Crippen molar-refractivity contribution < 1.29 is 41.9 Å². The van der Waals surface area contributed by atoms with Gasteiger partial charge in [-0.3, -0.25) is 0 Å². The first-order chi connectivity index (χ1) is 26.1. The van der Waals surface area contributed by atoms with Gasteiger partial charge in [0, 0.05) is 0 Å². The van der Waals surface area contributed by atoms with Gasteiger partial charge in [-0.05, 0) is 0 Å². The summed E-state index contributed by atoms with van der Waals surface area (Å²) in [5.74, 6) is 0. The Balaban J connectivity index is 0.000000214. The van der Waals surface area contributed by atoms with Gasteiger partial charge < -0.3 is 0 Å². The third-order valence-electron chi connectivity index (χ3n) is 12.5. The van der Waals surface area contributed by atoms with E-state index in [4.69, 9.17) is 8.52 Å². The van der Waals surface area contributed by atoms with Gasteiger partial charge in [0.15, 0.2) is 0 Å². The Morgan fingerprint density at radius 2 is 0.810 bits per heavy atom. The van der Waals surface area contributed by atoms with Gasteiger partial charge in [-0.15, -0.1) is 24.8 Å². The van der Waals surface area contributed by atoms with Crippen LogP contribution in [0.25, 0.3) is 22.3 Å². The van der Waals surface area contributed by atoms with E-state index in [1.165, 1.54) is 44.5 Å². The monoisotopic (exact) mass is 1140 g/mol. The van der Waals surface area contributed by atoms with Crippen LogP contribution in [0.3, 0.4) is 0 Å². The number of hydrogen-bond acceptors (Lipinski definition) is 0. The number of halogens is 2. The Labute approximate surface area is 379 Å². The summed E-state index contributed by atoms with van der Waals surface area (Å²) in [6.07, 6.45) is 18.2. The van der Waals surface area contributed by atoms with Crippen LogP contribution in [0.1, 0.15) is 140 Å². The van der Waals surface area contributed by atoms with E-state index in [2.05, 4.69) is 180 Å². The van der Waals surface area contributed by atoms with Crippen molar-refractivity contribution in [1.82, 2.24) is 0 Å².